The number of imidazole rings is 1. The largest absolute Gasteiger partial charge is 0.480 e. The minimum atomic E-state index is -5.48. The van der Waals surface area contributed by atoms with Crippen LogP contribution in [-0.4, -0.2) is 74.2 Å². The lowest BCUT2D eigenvalue weighted by Crippen LogP contribution is -2.33. The minimum absolute atomic E-state index is 0.107. The van der Waals surface area contributed by atoms with Gasteiger partial charge in [0.15, 0.2) is 17.4 Å². The molecule has 0 amide bonds. The van der Waals surface area contributed by atoms with Gasteiger partial charge in [-0.1, -0.05) is 0 Å². The molecule has 0 spiro atoms. The number of rotatable bonds is 8. The Balaban J connectivity index is 1.72. The van der Waals surface area contributed by atoms with Gasteiger partial charge in [-0.15, -0.1) is 4.86 Å². The molecule has 2 aromatic heterocycles. The van der Waals surface area contributed by atoms with Crippen LogP contribution in [-0.2, 0) is 27.3 Å². The van der Waals surface area contributed by atoms with E-state index >= 15 is 0 Å². The number of nitrogens with zero attached hydrogens (tertiary/aromatic N) is 3. The average molecular weight is 522 g/mol. The van der Waals surface area contributed by atoms with Crippen molar-refractivity contribution in [2.24, 2.45) is 0 Å². The molecule has 0 bridgehead atoms. The van der Waals surface area contributed by atoms with Gasteiger partial charge in [-0.05, 0) is 0 Å². The SMILES string of the molecule is Nc1nc2c(ncn2[C@@H]2O[C@H](COP(=O)(O)OP(=O)(O)NP(=O)(O)O)C(O)C2O)c(=O)[nH]1. The van der Waals surface area contributed by atoms with Gasteiger partial charge in [0, 0.05) is 0 Å². The number of phosphoric ester groups is 1. The summed E-state index contributed by atoms with van der Waals surface area (Å²) >= 11 is 0. The summed E-state index contributed by atoms with van der Waals surface area (Å²) in [5, 5.41) is 20.4. The Labute approximate surface area is 176 Å². The molecule has 22 heteroatoms. The molecule has 180 valence electrons. The molecule has 3 heterocycles. The molecule has 32 heavy (non-hydrogen) atoms. The predicted octanol–water partition coefficient (Wildman–Crippen LogP) is -2.76. The molecular formula is C10H17N6O13P3. The number of H-pyrrole nitrogens is 1. The van der Waals surface area contributed by atoms with Gasteiger partial charge in [0.25, 0.3) is 5.56 Å². The summed E-state index contributed by atoms with van der Waals surface area (Å²) in [7, 11) is -16.2. The topological polar surface area (TPSA) is 302 Å². The number of aliphatic hydroxyl groups is 2. The van der Waals surface area contributed by atoms with Crippen LogP contribution >= 0.6 is 23.3 Å². The van der Waals surface area contributed by atoms with Crippen LogP contribution in [0, 0.1) is 0 Å². The van der Waals surface area contributed by atoms with E-state index in [0.29, 0.717) is 0 Å². The molecule has 19 nitrogen and oxygen atoms in total. The summed E-state index contributed by atoms with van der Waals surface area (Å²) in [5.74, 6) is -0.270. The number of aromatic nitrogens is 4. The fourth-order valence-electron chi connectivity index (χ4n) is 2.74. The zero-order valence-electron chi connectivity index (χ0n) is 15.4. The first-order valence-electron chi connectivity index (χ1n) is 8.19. The first-order chi connectivity index (χ1) is 14.6. The molecule has 1 fully saturated rings. The molecule has 10 N–H and O–H groups in total. The van der Waals surface area contributed by atoms with Crippen molar-refractivity contribution < 1.29 is 57.1 Å². The van der Waals surface area contributed by atoms with Gasteiger partial charge in [-0.3, -0.25) is 18.9 Å². The number of nitrogen functional groups attached to an aromatic ring is 1. The first-order valence-corrected chi connectivity index (χ1v) is 12.9. The van der Waals surface area contributed by atoms with Crippen molar-refractivity contribution >= 4 is 40.4 Å². The maximum absolute atomic E-state index is 11.9. The van der Waals surface area contributed by atoms with E-state index in [4.69, 9.17) is 20.3 Å². The lowest BCUT2D eigenvalue weighted by Gasteiger charge is -2.19. The van der Waals surface area contributed by atoms with E-state index in [1.165, 1.54) is 0 Å². The quantitative estimate of drug-likeness (QED) is 0.159. The summed E-state index contributed by atoms with van der Waals surface area (Å²) in [5.41, 5.74) is 4.52. The molecule has 3 rings (SSSR count). The van der Waals surface area contributed by atoms with Crippen molar-refractivity contribution in [1.29, 1.82) is 0 Å². The van der Waals surface area contributed by atoms with E-state index in [9.17, 15) is 38.5 Å². The van der Waals surface area contributed by atoms with Gasteiger partial charge in [0.05, 0.1) is 12.9 Å². The van der Waals surface area contributed by atoms with E-state index in [-0.39, 0.29) is 17.1 Å². The molecular weight excluding hydrogens is 505 g/mol. The lowest BCUT2D eigenvalue weighted by molar-refractivity contribution is -0.0501. The number of hydrogen-bond donors (Lipinski definition) is 9. The Hall–Kier alpha value is -1.56. The van der Waals surface area contributed by atoms with Crippen LogP contribution in [0.1, 0.15) is 6.23 Å². The zero-order valence-corrected chi connectivity index (χ0v) is 18.1. The molecule has 6 atom stereocenters. The molecule has 1 saturated heterocycles. The number of fused-ring (bicyclic) bond motifs is 1. The fourth-order valence-corrected chi connectivity index (χ4v) is 6.17. The summed E-state index contributed by atoms with van der Waals surface area (Å²) in [6.45, 7) is -0.985. The first kappa shape index (κ1) is 25.1. The Morgan fingerprint density at radius 3 is 2.50 bits per heavy atom. The fraction of sp³-hybridized carbons (Fsp3) is 0.500. The van der Waals surface area contributed by atoms with Gasteiger partial charge in [-0.25, -0.2) is 18.7 Å². The highest BCUT2D eigenvalue weighted by molar-refractivity contribution is 7.70. The Morgan fingerprint density at radius 1 is 1.22 bits per heavy atom. The van der Waals surface area contributed by atoms with Crippen molar-refractivity contribution in [1.82, 2.24) is 24.4 Å². The van der Waals surface area contributed by atoms with Crippen molar-refractivity contribution in [3.8, 4) is 0 Å². The van der Waals surface area contributed by atoms with E-state index < -0.39 is 60.0 Å². The van der Waals surface area contributed by atoms with Crippen LogP contribution in [0.3, 0.4) is 0 Å². The number of ether oxygens (including phenoxy) is 1. The van der Waals surface area contributed by atoms with E-state index in [0.717, 1.165) is 15.8 Å². The minimum Gasteiger partial charge on any atom is -0.387 e. The number of hydrogen-bond acceptors (Lipinski definition) is 12. The number of nitrogens with one attached hydrogen (secondary N) is 2. The van der Waals surface area contributed by atoms with E-state index in [1.54, 1.807) is 0 Å². The Bertz CT molecular complexity index is 1210. The molecule has 0 aromatic carbocycles. The maximum Gasteiger partial charge on any atom is 0.480 e. The van der Waals surface area contributed by atoms with Gasteiger partial charge in [0.1, 0.15) is 18.3 Å². The monoisotopic (exact) mass is 522 g/mol. The standard InChI is InChI=1S/C10H17N6O13P3/c11-10-13-7-4(8(19)14-10)12-2-16(7)9-6(18)5(17)3(28-9)1-27-32(25,26)29-31(23,24)15-30(20,21)22/h2-3,5-6,9,17-18H,1H2,(H,25,26)(H3,11,13,14,19)(H4,15,20,21,22,23,24)/t3-,5?,6?,9-/m1/s1. The molecule has 4 unspecified atom stereocenters. The van der Waals surface area contributed by atoms with E-state index in [1.807, 2.05) is 0 Å². The van der Waals surface area contributed by atoms with Crippen molar-refractivity contribution in [2.45, 2.75) is 24.5 Å². The van der Waals surface area contributed by atoms with Crippen molar-refractivity contribution in [3.63, 3.8) is 0 Å². The molecule has 2 aromatic rings. The molecule has 0 radical (unpaired) electrons. The van der Waals surface area contributed by atoms with Crippen molar-refractivity contribution in [3.05, 3.63) is 16.7 Å². The highest BCUT2D eigenvalue weighted by Crippen LogP contribution is 2.61. The number of aromatic amines is 1. The van der Waals surface area contributed by atoms with Gasteiger partial charge >= 0.3 is 23.3 Å². The number of phosphoric acid groups is 1. The number of nitrogens with two attached hydrogens (primary N) is 1. The van der Waals surface area contributed by atoms with Crippen LogP contribution in [0.25, 0.3) is 11.2 Å². The summed E-state index contributed by atoms with van der Waals surface area (Å²) in [6.07, 6.45) is -5.26. The summed E-state index contributed by atoms with van der Waals surface area (Å²) in [4.78, 5) is 58.5. The van der Waals surface area contributed by atoms with Crippen LogP contribution in [0.15, 0.2) is 11.1 Å². The number of aliphatic hydroxyl groups excluding tert-OH is 2. The van der Waals surface area contributed by atoms with Crippen LogP contribution < -0.4 is 16.2 Å². The summed E-state index contributed by atoms with van der Waals surface area (Å²) in [6, 6.07) is 0. The van der Waals surface area contributed by atoms with Gasteiger partial charge in [0.2, 0.25) is 5.95 Å². The second-order valence-electron chi connectivity index (χ2n) is 6.33. The second kappa shape index (κ2) is 8.66. The lowest BCUT2D eigenvalue weighted by atomic mass is 10.1. The molecule has 0 saturated carbocycles. The smallest absolute Gasteiger partial charge is 0.387 e. The van der Waals surface area contributed by atoms with Crippen LogP contribution in [0.4, 0.5) is 5.95 Å². The van der Waals surface area contributed by atoms with Crippen LogP contribution in [0.2, 0.25) is 0 Å². The summed E-state index contributed by atoms with van der Waals surface area (Å²) < 4.78 is 48.7. The van der Waals surface area contributed by atoms with Gasteiger partial charge < -0.3 is 40.3 Å². The second-order valence-corrected chi connectivity index (χ2v) is 11.1. The third kappa shape index (κ3) is 5.67. The molecule has 1 aliphatic rings. The molecule has 0 aliphatic carbocycles. The average Bonchev–Trinajstić information content (AvgIpc) is 3.12. The van der Waals surface area contributed by atoms with Crippen molar-refractivity contribution in [2.75, 3.05) is 12.3 Å². The van der Waals surface area contributed by atoms with Gasteiger partial charge in [-0.2, -0.15) is 9.29 Å². The highest BCUT2D eigenvalue weighted by atomic mass is 31.3. The Morgan fingerprint density at radius 2 is 1.88 bits per heavy atom. The highest BCUT2D eigenvalue weighted by Gasteiger charge is 2.46. The maximum atomic E-state index is 11.9. The normalized spacial score (nSPS) is 27.9. The Kier molecular flexibility index (Phi) is 6.78. The predicted molar refractivity (Wildman–Crippen MR) is 100 cm³/mol. The number of anilines is 1. The third-order valence-electron chi connectivity index (χ3n) is 3.93. The van der Waals surface area contributed by atoms with Crippen LogP contribution in [0.5, 0.6) is 0 Å². The van der Waals surface area contributed by atoms with E-state index in [2.05, 4.69) is 23.8 Å². The third-order valence-corrected chi connectivity index (χ3v) is 8.17. The molecule has 1 aliphatic heterocycles. The zero-order chi connectivity index (χ0) is 24.1.